The minimum atomic E-state index is 0.818. The number of rotatable bonds is 4. The van der Waals surface area contributed by atoms with Gasteiger partial charge < -0.3 is 5.32 Å². The molecule has 0 saturated carbocycles. The van der Waals surface area contributed by atoms with Gasteiger partial charge in [-0.2, -0.15) is 5.10 Å². The van der Waals surface area contributed by atoms with Crippen LogP contribution in [0.2, 0.25) is 0 Å². The molecule has 1 aromatic heterocycles. The van der Waals surface area contributed by atoms with E-state index in [9.17, 15) is 0 Å². The molecule has 1 aromatic rings. The third-order valence-electron chi connectivity index (χ3n) is 3.02. The summed E-state index contributed by atoms with van der Waals surface area (Å²) < 4.78 is 1.87. The van der Waals surface area contributed by atoms with Gasteiger partial charge in [-0.15, -0.1) is 0 Å². The Labute approximate surface area is 91.3 Å². The minimum Gasteiger partial charge on any atom is -0.319 e. The van der Waals surface area contributed by atoms with Crippen molar-refractivity contribution in [2.45, 2.75) is 13.0 Å². The van der Waals surface area contributed by atoms with Gasteiger partial charge in [0, 0.05) is 26.3 Å². The SMILES string of the molecule is CNCC1CCN(Cc2ccn(C)n2)C1. The second kappa shape index (κ2) is 4.77. The van der Waals surface area contributed by atoms with Crippen LogP contribution in [0.5, 0.6) is 0 Å². The summed E-state index contributed by atoms with van der Waals surface area (Å²) in [5.41, 5.74) is 1.18. The Kier molecular flexibility index (Phi) is 3.38. The molecule has 4 heteroatoms. The van der Waals surface area contributed by atoms with Gasteiger partial charge in [0.15, 0.2) is 0 Å². The standard InChI is InChI=1S/C11H20N4/c1-12-7-10-3-6-15(8-10)9-11-4-5-14(2)13-11/h4-5,10,12H,3,6-9H2,1-2H3. The van der Waals surface area contributed by atoms with Crippen molar-refractivity contribution in [3.63, 3.8) is 0 Å². The molecule has 1 unspecified atom stereocenters. The maximum Gasteiger partial charge on any atom is 0.0764 e. The fraction of sp³-hybridized carbons (Fsp3) is 0.727. The lowest BCUT2D eigenvalue weighted by Gasteiger charge is -2.14. The zero-order valence-corrected chi connectivity index (χ0v) is 9.61. The Morgan fingerprint density at radius 2 is 2.47 bits per heavy atom. The van der Waals surface area contributed by atoms with Gasteiger partial charge in [0.2, 0.25) is 0 Å². The molecule has 1 aliphatic heterocycles. The molecule has 0 radical (unpaired) electrons. The fourth-order valence-corrected chi connectivity index (χ4v) is 2.29. The van der Waals surface area contributed by atoms with E-state index in [-0.39, 0.29) is 0 Å². The second-order valence-electron chi connectivity index (χ2n) is 4.43. The quantitative estimate of drug-likeness (QED) is 0.780. The first-order valence-corrected chi connectivity index (χ1v) is 5.63. The Morgan fingerprint density at radius 3 is 3.13 bits per heavy atom. The molecule has 2 rings (SSSR count). The van der Waals surface area contributed by atoms with Crippen LogP contribution in [0.1, 0.15) is 12.1 Å². The molecule has 4 nitrogen and oxygen atoms in total. The van der Waals surface area contributed by atoms with Crippen molar-refractivity contribution in [2.24, 2.45) is 13.0 Å². The van der Waals surface area contributed by atoms with Gasteiger partial charge in [-0.1, -0.05) is 0 Å². The van der Waals surface area contributed by atoms with Gasteiger partial charge in [-0.3, -0.25) is 9.58 Å². The number of nitrogens with zero attached hydrogens (tertiary/aromatic N) is 3. The highest BCUT2D eigenvalue weighted by Crippen LogP contribution is 2.17. The molecule has 15 heavy (non-hydrogen) atoms. The number of aryl methyl sites for hydroxylation is 1. The Morgan fingerprint density at radius 1 is 1.60 bits per heavy atom. The maximum absolute atomic E-state index is 4.40. The van der Waals surface area contributed by atoms with Crippen molar-refractivity contribution in [1.29, 1.82) is 0 Å². The van der Waals surface area contributed by atoms with Crippen molar-refractivity contribution in [3.8, 4) is 0 Å². The van der Waals surface area contributed by atoms with Crippen molar-refractivity contribution in [2.75, 3.05) is 26.7 Å². The Hall–Kier alpha value is -0.870. The molecule has 0 aromatic carbocycles. The molecule has 1 aliphatic rings. The zero-order chi connectivity index (χ0) is 10.7. The van der Waals surface area contributed by atoms with E-state index in [1.54, 1.807) is 0 Å². The lowest BCUT2D eigenvalue weighted by atomic mass is 10.1. The Balaban J connectivity index is 1.82. The topological polar surface area (TPSA) is 33.1 Å². The first-order valence-electron chi connectivity index (χ1n) is 5.63. The number of hydrogen-bond donors (Lipinski definition) is 1. The number of hydrogen-bond acceptors (Lipinski definition) is 3. The van der Waals surface area contributed by atoms with Crippen LogP contribution in [0, 0.1) is 5.92 Å². The monoisotopic (exact) mass is 208 g/mol. The van der Waals surface area contributed by atoms with Crippen LogP contribution in [0.25, 0.3) is 0 Å². The molecule has 1 fully saturated rings. The highest BCUT2D eigenvalue weighted by atomic mass is 15.3. The van der Waals surface area contributed by atoms with Crippen LogP contribution in [0.3, 0.4) is 0 Å². The van der Waals surface area contributed by atoms with E-state index >= 15 is 0 Å². The maximum atomic E-state index is 4.40. The summed E-state index contributed by atoms with van der Waals surface area (Å²) in [6.45, 7) is 4.56. The molecule has 1 atom stereocenters. The summed E-state index contributed by atoms with van der Waals surface area (Å²) in [6, 6.07) is 2.10. The fourth-order valence-electron chi connectivity index (χ4n) is 2.29. The van der Waals surface area contributed by atoms with E-state index in [1.807, 2.05) is 25.0 Å². The van der Waals surface area contributed by atoms with Gasteiger partial charge in [0.1, 0.15) is 0 Å². The minimum absolute atomic E-state index is 0.818. The van der Waals surface area contributed by atoms with Crippen molar-refractivity contribution < 1.29 is 0 Å². The van der Waals surface area contributed by atoms with E-state index in [0.717, 1.165) is 19.0 Å². The average Bonchev–Trinajstić information content (AvgIpc) is 2.78. The third kappa shape index (κ3) is 2.79. The summed E-state index contributed by atoms with van der Waals surface area (Å²) in [4.78, 5) is 2.49. The van der Waals surface area contributed by atoms with Crippen LogP contribution in [0.4, 0.5) is 0 Å². The molecular formula is C11H20N4. The van der Waals surface area contributed by atoms with Crippen LogP contribution in [-0.4, -0.2) is 41.4 Å². The van der Waals surface area contributed by atoms with E-state index in [1.165, 1.54) is 25.2 Å². The molecule has 2 heterocycles. The molecule has 84 valence electrons. The van der Waals surface area contributed by atoms with Crippen LogP contribution >= 0.6 is 0 Å². The summed E-state index contributed by atoms with van der Waals surface area (Å²) in [6.07, 6.45) is 3.32. The molecule has 0 aliphatic carbocycles. The van der Waals surface area contributed by atoms with E-state index in [4.69, 9.17) is 0 Å². The average molecular weight is 208 g/mol. The van der Waals surface area contributed by atoms with Crippen molar-refractivity contribution in [1.82, 2.24) is 20.0 Å². The smallest absolute Gasteiger partial charge is 0.0764 e. The predicted octanol–water partition coefficient (Wildman–Crippen LogP) is 0.461. The predicted molar refractivity (Wildman–Crippen MR) is 60.5 cm³/mol. The van der Waals surface area contributed by atoms with Crippen molar-refractivity contribution in [3.05, 3.63) is 18.0 Å². The normalized spacial score (nSPS) is 22.4. The largest absolute Gasteiger partial charge is 0.319 e. The molecule has 1 saturated heterocycles. The Bertz CT molecular complexity index is 307. The summed E-state index contributed by atoms with van der Waals surface area (Å²) in [7, 11) is 4.00. The summed E-state index contributed by atoms with van der Waals surface area (Å²) >= 11 is 0. The second-order valence-corrected chi connectivity index (χ2v) is 4.43. The van der Waals surface area contributed by atoms with Crippen LogP contribution in [-0.2, 0) is 13.6 Å². The first-order chi connectivity index (χ1) is 7.28. The van der Waals surface area contributed by atoms with Crippen LogP contribution in [0.15, 0.2) is 12.3 Å². The van der Waals surface area contributed by atoms with Gasteiger partial charge in [0.05, 0.1) is 5.69 Å². The van der Waals surface area contributed by atoms with Gasteiger partial charge in [-0.25, -0.2) is 0 Å². The van der Waals surface area contributed by atoms with E-state index in [2.05, 4.69) is 21.4 Å². The highest BCUT2D eigenvalue weighted by molar-refractivity contribution is 4.99. The third-order valence-corrected chi connectivity index (χ3v) is 3.02. The number of likely N-dealkylation sites (tertiary alicyclic amines) is 1. The van der Waals surface area contributed by atoms with Gasteiger partial charge in [0.25, 0.3) is 0 Å². The molecule has 0 bridgehead atoms. The highest BCUT2D eigenvalue weighted by Gasteiger charge is 2.21. The van der Waals surface area contributed by atoms with Crippen molar-refractivity contribution >= 4 is 0 Å². The lowest BCUT2D eigenvalue weighted by Crippen LogP contribution is -2.24. The molecule has 1 N–H and O–H groups in total. The van der Waals surface area contributed by atoms with E-state index < -0.39 is 0 Å². The van der Waals surface area contributed by atoms with Gasteiger partial charge in [-0.05, 0) is 38.5 Å². The lowest BCUT2D eigenvalue weighted by molar-refractivity contribution is 0.310. The molecule has 0 amide bonds. The number of nitrogens with one attached hydrogen (secondary N) is 1. The molecular weight excluding hydrogens is 188 g/mol. The van der Waals surface area contributed by atoms with E-state index in [0.29, 0.717) is 0 Å². The van der Waals surface area contributed by atoms with Crippen LogP contribution < -0.4 is 5.32 Å². The molecule has 0 spiro atoms. The zero-order valence-electron chi connectivity index (χ0n) is 9.61. The van der Waals surface area contributed by atoms with Gasteiger partial charge >= 0.3 is 0 Å². The summed E-state index contributed by atoms with van der Waals surface area (Å²) in [5, 5.41) is 7.66. The summed E-state index contributed by atoms with van der Waals surface area (Å²) in [5.74, 6) is 0.818. The number of aromatic nitrogens is 2. The first kappa shape index (κ1) is 10.6.